The van der Waals surface area contributed by atoms with Crippen molar-refractivity contribution in [3.05, 3.63) is 17.7 Å². The van der Waals surface area contributed by atoms with Crippen LogP contribution in [0.2, 0.25) is 0 Å². The van der Waals surface area contributed by atoms with Gasteiger partial charge in [0, 0.05) is 5.92 Å². The molecule has 0 aromatic carbocycles. The molecule has 0 aliphatic heterocycles. The summed E-state index contributed by atoms with van der Waals surface area (Å²) in [7, 11) is 0. The van der Waals surface area contributed by atoms with Crippen molar-refractivity contribution in [3.63, 3.8) is 0 Å². The number of fused-ring (bicyclic) bond motifs is 1. The molecule has 0 radical (unpaired) electrons. The molecule has 4 nitrogen and oxygen atoms in total. The van der Waals surface area contributed by atoms with Crippen LogP contribution in [0.25, 0.3) is 11.1 Å². The standard InChI is InChI=1S/C10H13N3O/c1-4-8-7-5-11-14-10(7)13-9(12-8)6(2)3/h5-6H,4H2,1-3H3. The van der Waals surface area contributed by atoms with Crippen molar-refractivity contribution in [2.24, 2.45) is 0 Å². The zero-order valence-electron chi connectivity index (χ0n) is 8.61. The highest BCUT2D eigenvalue weighted by atomic mass is 16.5. The lowest BCUT2D eigenvalue weighted by molar-refractivity contribution is 0.446. The zero-order valence-corrected chi connectivity index (χ0v) is 8.61. The van der Waals surface area contributed by atoms with E-state index < -0.39 is 0 Å². The van der Waals surface area contributed by atoms with Crippen LogP contribution >= 0.6 is 0 Å². The van der Waals surface area contributed by atoms with Crippen molar-refractivity contribution in [2.75, 3.05) is 0 Å². The van der Waals surface area contributed by atoms with Crippen molar-refractivity contribution in [2.45, 2.75) is 33.1 Å². The Morgan fingerprint density at radius 3 is 2.79 bits per heavy atom. The molecule has 0 amide bonds. The van der Waals surface area contributed by atoms with Gasteiger partial charge in [-0.15, -0.1) is 0 Å². The van der Waals surface area contributed by atoms with E-state index in [9.17, 15) is 0 Å². The van der Waals surface area contributed by atoms with Crippen LogP contribution in [0, 0.1) is 0 Å². The van der Waals surface area contributed by atoms with Crippen LogP contribution in [0.5, 0.6) is 0 Å². The molecule has 4 heteroatoms. The van der Waals surface area contributed by atoms with Gasteiger partial charge >= 0.3 is 0 Å². The van der Waals surface area contributed by atoms with E-state index in [1.54, 1.807) is 6.20 Å². The van der Waals surface area contributed by atoms with Crippen molar-refractivity contribution in [1.82, 2.24) is 15.1 Å². The molecule has 0 N–H and O–H groups in total. The maximum atomic E-state index is 5.05. The van der Waals surface area contributed by atoms with Gasteiger partial charge in [0.15, 0.2) is 0 Å². The monoisotopic (exact) mass is 191 g/mol. The summed E-state index contributed by atoms with van der Waals surface area (Å²) >= 11 is 0. The van der Waals surface area contributed by atoms with Crippen LogP contribution in [-0.2, 0) is 6.42 Å². The average molecular weight is 191 g/mol. The van der Waals surface area contributed by atoms with Crippen molar-refractivity contribution in [3.8, 4) is 0 Å². The van der Waals surface area contributed by atoms with E-state index in [1.807, 2.05) is 0 Å². The molecule has 0 fully saturated rings. The fourth-order valence-electron chi connectivity index (χ4n) is 1.37. The van der Waals surface area contributed by atoms with Gasteiger partial charge in [-0.3, -0.25) is 0 Å². The largest absolute Gasteiger partial charge is 0.336 e. The summed E-state index contributed by atoms with van der Waals surface area (Å²) in [6, 6.07) is 0. The van der Waals surface area contributed by atoms with Gasteiger partial charge in [-0.2, -0.15) is 4.98 Å². The summed E-state index contributed by atoms with van der Waals surface area (Å²) in [5.41, 5.74) is 1.61. The molecular formula is C10H13N3O. The molecule has 2 heterocycles. The fourth-order valence-corrected chi connectivity index (χ4v) is 1.37. The minimum atomic E-state index is 0.315. The van der Waals surface area contributed by atoms with Gasteiger partial charge in [-0.25, -0.2) is 4.98 Å². The second-order valence-electron chi connectivity index (χ2n) is 3.58. The van der Waals surface area contributed by atoms with Gasteiger partial charge in [0.25, 0.3) is 5.71 Å². The lowest BCUT2D eigenvalue weighted by atomic mass is 10.2. The molecule has 0 aliphatic rings. The SMILES string of the molecule is CCc1nc(C(C)C)nc2oncc12. The molecule has 0 saturated heterocycles. The Labute approximate surface area is 82.3 Å². The minimum absolute atomic E-state index is 0.315. The number of hydrogen-bond donors (Lipinski definition) is 0. The number of aromatic nitrogens is 3. The topological polar surface area (TPSA) is 51.8 Å². The number of rotatable bonds is 2. The van der Waals surface area contributed by atoms with Crippen LogP contribution in [0.15, 0.2) is 10.7 Å². The van der Waals surface area contributed by atoms with Gasteiger partial charge < -0.3 is 4.52 Å². The number of aryl methyl sites for hydroxylation is 1. The molecule has 2 aromatic rings. The van der Waals surface area contributed by atoms with E-state index in [2.05, 4.69) is 35.9 Å². The van der Waals surface area contributed by atoms with Crippen LogP contribution < -0.4 is 0 Å². The first kappa shape index (κ1) is 9.12. The normalized spacial score (nSPS) is 11.4. The molecule has 14 heavy (non-hydrogen) atoms. The highest BCUT2D eigenvalue weighted by molar-refractivity contribution is 5.74. The Hall–Kier alpha value is -1.45. The second-order valence-corrected chi connectivity index (χ2v) is 3.58. The van der Waals surface area contributed by atoms with Gasteiger partial charge in [0.2, 0.25) is 0 Å². The quantitative estimate of drug-likeness (QED) is 0.730. The third-order valence-corrected chi connectivity index (χ3v) is 2.18. The predicted octanol–water partition coefficient (Wildman–Crippen LogP) is 2.30. The Bertz CT molecular complexity index is 448. The molecule has 2 rings (SSSR count). The van der Waals surface area contributed by atoms with E-state index in [4.69, 9.17) is 4.52 Å². The molecule has 0 aliphatic carbocycles. The first-order valence-electron chi connectivity index (χ1n) is 4.83. The Morgan fingerprint density at radius 2 is 2.14 bits per heavy atom. The summed E-state index contributed by atoms with van der Waals surface area (Å²) in [6.07, 6.45) is 2.55. The zero-order chi connectivity index (χ0) is 10.1. The Kier molecular flexibility index (Phi) is 2.19. The number of hydrogen-bond acceptors (Lipinski definition) is 4. The molecule has 0 atom stereocenters. The lowest BCUT2D eigenvalue weighted by Gasteiger charge is -2.04. The van der Waals surface area contributed by atoms with Gasteiger partial charge in [-0.1, -0.05) is 25.9 Å². The lowest BCUT2D eigenvalue weighted by Crippen LogP contribution is -2.00. The Balaban J connectivity index is 2.67. The van der Waals surface area contributed by atoms with Gasteiger partial charge in [-0.05, 0) is 6.42 Å². The maximum absolute atomic E-state index is 5.05. The van der Waals surface area contributed by atoms with E-state index in [-0.39, 0.29) is 0 Å². The van der Waals surface area contributed by atoms with Crippen LogP contribution in [-0.4, -0.2) is 15.1 Å². The summed E-state index contributed by atoms with van der Waals surface area (Å²) in [5.74, 6) is 1.14. The molecule has 0 bridgehead atoms. The van der Waals surface area contributed by atoms with Crippen molar-refractivity contribution >= 4 is 11.1 Å². The van der Waals surface area contributed by atoms with E-state index >= 15 is 0 Å². The molecule has 0 spiro atoms. The van der Waals surface area contributed by atoms with Gasteiger partial charge in [0.1, 0.15) is 5.82 Å². The van der Waals surface area contributed by atoms with Crippen molar-refractivity contribution < 1.29 is 4.52 Å². The molecule has 0 saturated carbocycles. The summed E-state index contributed by atoms with van der Waals surface area (Å²) in [4.78, 5) is 8.78. The minimum Gasteiger partial charge on any atom is -0.336 e. The van der Waals surface area contributed by atoms with E-state index in [0.29, 0.717) is 11.6 Å². The highest BCUT2D eigenvalue weighted by Crippen LogP contribution is 2.18. The highest BCUT2D eigenvalue weighted by Gasteiger charge is 2.11. The van der Waals surface area contributed by atoms with Crippen LogP contribution in [0.4, 0.5) is 0 Å². The summed E-state index contributed by atoms with van der Waals surface area (Å²) < 4.78 is 5.05. The first-order valence-corrected chi connectivity index (χ1v) is 4.83. The smallest absolute Gasteiger partial charge is 0.261 e. The maximum Gasteiger partial charge on any atom is 0.261 e. The van der Waals surface area contributed by atoms with Crippen molar-refractivity contribution in [1.29, 1.82) is 0 Å². The van der Waals surface area contributed by atoms with Gasteiger partial charge in [0.05, 0.1) is 17.3 Å². The molecule has 0 unspecified atom stereocenters. The average Bonchev–Trinajstić information content (AvgIpc) is 2.63. The number of nitrogens with zero attached hydrogens (tertiary/aromatic N) is 3. The fraction of sp³-hybridized carbons (Fsp3) is 0.500. The molecule has 74 valence electrons. The molecular weight excluding hydrogens is 178 g/mol. The first-order chi connectivity index (χ1) is 6.72. The molecule has 2 aromatic heterocycles. The predicted molar refractivity (Wildman–Crippen MR) is 53.1 cm³/mol. The van der Waals surface area contributed by atoms with E-state index in [1.165, 1.54) is 0 Å². The van der Waals surface area contributed by atoms with Crippen LogP contribution in [0.3, 0.4) is 0 Å². The third kappa shape index (κ3) is 1.36. The second kappa shape index (κ2) is 3.36. The third-order valence-electron chi connectivity index (χ3n) is 2.18. The van der Waals surface area contributed by atoms with E-state index in [0.717, 1.165) is 23.3 Å². The Morgan fingerprint density at radius 1 is 1.36 bits per heavy atom. The van der Waals surface area contributed by atoms with Crippen LogP contribution in [0.1, 0.15) is 38.2 Å². The summed E-state index contributed by atoms with van der Waals surface area (Å²) in [6.45, 7) is 6.20. The summed E-state index contributed by atoms with van der Waals surface area (Å²) in [5, 5.41) is 4.66.